The smallest absolute Gasteiger partial charge is 0.255 e. The molecule has 7 heteroatoms. The third kappa shape index (κ3) is 3.71. The normalized spacial score (nSPS) is 12.9. The second kappa shape index (κ2) is 7.75. The molecule has 0 bridgehead atoms. The second-order valence-corrected chi connectivity index (χ2v) is 6.88. The van der Waals surface area contributed by atoms with Gasteiger partial charge in [-0.2, -0.15) is 0 Å². The molecule has 4 rings (SSSR count). The fourth-order valence-corrected chi connectivity index (χ4v) is 3.38. The van der Waals surface area contributed by atoms with E-state index in [9.17, 15) is 4.79 Å². The number of carbonyl (C=O) groups excluding carboxylic acids is 1. The quantitative estimate of drug-likeness (QED) is 0.621. The Morgan fingerprint density at radius 1 is 1.18 bits per heavy atom. The van der Waals surface area contributed by atoms with Gasteiger partial charge in [0.1, 0.15) is 6.61 Å². The number of amides is 1. The summed E-state index contributed by atoms with van der Waals surface area (Å²) in [4.78, 5) is 18.0. The Morgan fingerprint density at radius 3 is 2.86 bits per heavy atom. The minimum Gasteiger partial charge on any atom is -0.472 e. The van der Waals surface area contributed by atoms with E-state index in [2.05, 4.69) is 9.94 Å². The number of halogens is 1. The van der Waals surface area contributed by atoms with Gasteiger partial charge in [-0.05, 0) is 23.8 Å². The Hall–Kier alpha value is -3.30. The number of fused-ring (bicyclic) bond motifs is 1. The van der Waals surface area contributed by atoms with E-state index in [0.29, 0.717) is 48.4 Å². The number of ether oxygens (including phenoxy) is 1. The van der Waals surface area contributed by atoms with Crippen LogP contribution in [0, 0.1) is 6.57 Å². The lowest BCUT2D eigenvalue weighted by Gasteiger charge is -2.27. The number of rotatable bonds is 4. The maximum absolute atomic E-state index is 12.8. The van der Waals surface area contributed by atoms with Gasteiger partial charge in [0.25, 0.3) is 5.91 Å². The van der Waals surface area contributed by atoms with E-state index in [4.69, 9.17) is 22.9 Å². The van der Waals surface area contributed by atoms with Crippen molar-refractivity contribution in [3.8, 4) is 5.88 Å². The van der Waals surface area contributed by atoms with Gasteiger partial charge in [-0.15, -0.1) is 5.10 Å². The second-order valence-electron chi connectivity index (χ2n) is 6.47. The molecule has 1 aliphatic heterocycles. The predicted octanol–water partition coefficient (Wildman–Crippen LogP) is 4.32. The highest BCUT2D eigenvalue weighted by molar-refractivity contribution is 6.33. The molecule has 0 saturated carbocycles. The highest BCUT2D eigenvalue weighted by atomic mass is 35.5. The average Bonchev–Trinajstić information content (AvgIpc) is 3.14. The zero-order valence-electron chi connectivity index (χ0n) is 15.0. The number of nitrogens with zero attached hydrogens (tertiary/aromatic N) is 4. The van der Waals surface area contributed by atoms with E-state index >= 15 is 0 Å². The number of hydrogen-bond donors (Lipinski definition) is 0. The fraction of sp³-hybridized carbons (Fsp3) is 0.190. The van der Waals surface area contributed by atoms with Gasteiger partial charge in [-0.1, -0.05) is 41.9 Å². The number of aromatic nitrogens is 2. The lowest BCUT2D eigenvalue weighted by atomic mass is 10.2. The molecule has 1 amide bonds. The molecule has 0 aliphatic carbocycles. The first-order valence-electron chi connectivity index (χ1n) is 8.84. The SMILES string of the molecule is [C-]#[N+]c1cccc(COc2cc3n(n2)CCN(C(=O)c2ccccc2Cl)C3)c1. The van der Waals surface area contributed by atoms with Gasteiger partial charge in [0.05, 0.1) is 35.9 Å². The molecule has 2 heterocycles. The van der Waals surface area contributed by atoms with Crippen molar-refractivity contribution in [3.05, 3.63) is 87.9 Å². The molecule has 1 aliphatic rings. The number of hydrogen-bond acceptors (Lipinski definition) is 3. The zero-order chi connectivity index (χ0) is 19.5. The Labute approximate surface area is 167 Å². The Morgan fingerprint density at radius 2 is 2.04 bits per heavy atom. The van der Waals surface area contributed by atoms with Gasteiger partial charge < -0.3 is 9.64 Å². The summed E-state index contributed by atoms with van der Waals surface area (Å²) < 4.78 is 7.65. The van der Waals surface area contributed by atoms with E-state index in [1.54, 1.807) is 29.2 Å². The van der Waals surface area contributed by atoms with Gasteiger partial charge in [0.15, 0.2) is 5.69 Å². The molecule has 0 atom stereocenters. The van der Waals surface area contributed by atoms with Crippen LogP contribution < -0.4 is 4.74 Å². The topological polar surface area (TPSA) is 51.7 Å². The van der Waals surface area contributed by atoms with E-state index in [1.165, 1.54) is 0 Å². The minimum atomic E-state index is -0.0866. The van der Waals surface area contributed by atoms with Crippen molar-refractivity contribution < 1.29 is 9.53 Å². The molecule has 6 nitrogen and oxygen atoms in total. The van der Waals surface area contributed by atoms with Crippen LogP contribution in [0.3, 0.4) is 0 Å². The van der Waals surface area contributed by atoms with Gasteiger partial charge >= 0.3 is 0 Å². The molecule has 0 spiro atoms. The maximum atomic E-state index is 12.8. The molecule has 140 valence electrons. The molecule has 1 aromatic heterocycles. The maximum Gasteiger partial charge on any atom is 0.255 e. The summed E-state index contributed by atoms with van der Waals surface area (Å²) in [6, 6.07) is 16.2. The third-order valence-corrected chi connectivity index (χ3v) is 4.92. The average molecular weight is 393 g/mol. The van der Waals surface area contributed by atoms with Crippen LogP contribution in [-0.4, -0.2) is 27.1 Å². The standard InChI is InChI=1S/C21H17ClN4O2/c1-23-16-6-4-5-15(11-16)14-28-20-12-17-13-25(9-10-26(17)24-20)21(27)18-7-2-3-8-19(18)22/h2-8,11-12H,9-10,13-14H2. The molecule has 3 aromatic rings. The first-order valence-corrected chi connectivity index (χ1v) is 9.21. The van der Waals surface area contributed by atoms with Crippen LogP contribution in [0.25, 0.3) is 4.85 Å². The fourth-order valence-electron chi connectivity index (χ4n) is 3.16. The van der Waals surface area contributed by atoms with Crippen molar-refractivity contribution in [2.24, 2.45) is 0 Å². The first-order chi connectivity index (χ1) is 13.6. The van der Waals surface area contributed by atoms with Crippen molar-refractivity contribution in [2.75, 3.05) is 6.54 Å². The van der Waals surface area contributed by atoms with Gasteiger partial charge in [-0.3, -0.25) is 9.48 Å². The van der Waals surface area contributed by atoms with Crippen molar-refractivity contribution in [1.82, 2.24) is 14.7 Å². The van der Waals surface area contributed by atoms with Crippen LogP contribution in [0.2, 0.25) is 5.02 Å². The molecule has 0 saturated heterocycles. The third-order valence-electron chi connectivity index (χ3n) is 4.59. The van der Waals surface area contributed by atoms with Crippen LogP contribution >= 0.6 is 11.6 Å². The van der Waals surface area contributed by atoms with Gasteiger partial charge in [0.2, 0.25) is 5.88 Å². The van der Waals surface area contributed by atoms with Crippen molar-refractivity contribution in [2.45, 2.75) is 19.7 Å². The Balaban J connectivity index is 1.44. The highest BCUT2D eigenvalue weighted by Crippen LogP contribution is 2.23. The molecule has 0 unspecified atom stereocenters. The molecule has 28 heavy (non-hydrogen) atoms. The van der Waals surface area contributed by atoms with Gasteiger partial charge in [0, 0.05) is 12.6 Å². The van der Waals surface area contributed by atoms with Crippen LogP contribution in [0.1, 0.15) is 21.6 Å². The summed E-state index contributed by atoms with van der Waals surface area (Å²) in [5.41, 5.74) is 2.92. The molecule has 0 N–H and O–H groups in total. The number of benzene rings is 2. The minimum absolute atomic E-state index is 0.0866. The molecule has 2 aromatic carbocycles. The molecule has 0 radical (unpaired) electrons. The first kappa shape index (κ1) is 18.1. The summed E-state index contributed by atoms with van der Waals surface area (Å²) in [6.45, 7) is 9.03. The lowest BCUT2D eigenvalue weighted by Crippen LogP contribution is -2.38. The zero-order valence-corrected chi connectivity index (χ0v) is 15.8. The number of carbonyl (C=O) groups is 1. The predicted molar refractivity (Wildman–Crippen MR) is 105 cm³/mol. The molecule has 0 fully saturated rings. The van der Waals surface area contributed by atoms with Crippen molar-refractivity contribution in [3.63, 3.8) is 0 Å². The summed E-state index contributed by atoms with van der Waals surface area (Å²) in [7, 11) is 0. The van der Waals surface area contributed by atoms with E-state index in [-0.39, 0.29) is 5.91 Å². The molecular weight excluding hydrogens is 376 g/mol. The summed E-state index contributed by atoms with van der Waals surface area (Å²) in [5, 5.41) is 4.92. The lowest BCUT2D eigenvalue weighted by molar-refractivity contribution is 0.0706. The van der Waals surface area contributed by atoms with Crippen LogP contribution in [-0.2, 0) is 19.7 Å². The highest BCUT2D eigenvalue weighted by Gasteiger charge is 2.24. The van der Waals surface area contributed by atoms with Crippen LogP contribution in [0.5, 0.6) is 5.88 Å². The van der Waals surface area contributed by atoms with Crippen molar-refractivity contribution >= 4 is 23.2 Å². The van der Waals surface area contributed by atoms with E-state index in [1.807, 2.05) is 35.0 Å². The summed E-state index contributed by atoms with van der Waals surface area (Å²) in [6.07, 6.45) is 0. The summed E-state index contributed by atoms with van der Waals surface area (Å²) in [5.74, 6) is 0.423. The molecular formula is C21H17ClN4O2. The van der Waals surface area contributed by atoms with E-state index < -0.39 is 0 Å². The Bertz CT molecular complexity index is 1070. The summed E-state index contributed by atoms with van der Waals surface area (Å²) >= 11 is 6.16. The van der Waals surface area contributed by atoms with Crippen molar-refractivity contribution in [1.29, 1.82) is 0 Å². The largest absolute Gasteiger partial charge is 0.472 e. The Kier molecular flexibility index (Phi) is 5.00. The monoisotopic (exact) mass is 392 g/mol. The van der Waals surface area contributed by atoms with Crippen LogP contribution in [0.4, 0.5) is 5.69 Å². The van der Waals surface area contributed by atoms with Gasteiger partial charge in [-0.25, -0.2) is 4.85 Å². The van der Waals surface area contributed by atoms with E-state index in [0.717, 1.165) is 11.3 Å². The van der Waals surface area contributed by atoms with Crippen LogP contribution in [0.15, 0.2) is 54.6 Å².